The van der Waals surface area contributed by atoms with Crippen molar-refractivity contribution in [3.05, 3.63) is 48.3 Å². The molecule has 4 heteroatoms. The highest BCUT2D eigenvalue weighted by Gasteiger charge is 1.94. The Kier molecular flexibility index (Phi) is 3.46. The summed E-state index contributed by atoms with van der Waals surface area (Å²) in [5.41, 5.74) is 1.21. The Labute approximate surface area is 88.8 Å². The third kappa shape index (κ3) is 3.18. The zero-order chi connectivity index (χ0) is 10.3. The van der Waals surface area contributed by atoms with Crippen LogP contribution in [0.1, 0.15) is 11.4 Å². The van der Waals surface area contributed by atoms with Crippen molar-refractivity contribution in [1.82, 2.24) is 20.3 Å². The smallest absolute Gasteiger partial charge is 0.107 e. The van der Waals surface area contributed by atoms with Crippen LogP contribution in [0, 0.1) is 0 Å². The van der Waals surface area contributed by atoms with E-state index in [0.717, 1.165) is 25.3 Å². The van der Waals surface area contributed by atoms with E-state index in [2.05, 4.69) is 26.3 Å². The van der Waals surface area contributed by atoms with Crippen LogP contribution in [-0.4, -0.2) is 21.5 Å². The molecule has 2 rings (SSSR count). The molecule has 4 nitrogen and oxygen atoms in total. The number of aromatic nitrogens is 3. The van der Waals surface area contributed by atoms with E-state index < -0.39 is 0 Å². The van der Waals surface area contributed by atoms with E-state index in [1.54, 1.807) is 12.4 Å². The van der Waals surface area contributed by atoms with Crippen molar-refractivity contribution >= 4 is 0 Å². The zero-order valence-corrected chi connectivity index (χ0v) is 8.48. The van der Waals surface area contributed by atoms with Gasteiger partial charge in [-0.05, 0) is 11.6 Å². The molecule has 2 N–H and O–H groups in total. The Morgan fingerprint density at radius 1 is 1.33 bits per heavy atom. The lowest BCUT2D eigenvalue weighted by atomic mass is 10.3. The van der Waals surface area contributed by atoms with Crippen molar-refractivity contribution in [3.8, 4) is 0 Å². The number of aromatic amines is 1. The number of imidazole rings is 1. The van der Waals surface area contributed by atoms with E-state index in [4.69, 9.17) is 0 Å². The van der Waals surface area contributed by atoms with Crippen LogP contribution in [-0.2, 0) is 13.0 Å². The molecular weight excluding hydrogens is 188 g/mol. The molecule has 0 amide bonds. The summed E-state index contributed by atoms with van der Waals surface area (Å²) in [6, 6.07) is 4.01. The summed E-state index contributed by atoms with van der Waals surface area (Å²) in [5, 5.41) is 3.34. The summed E-state index contributed by atoms with van der Waals surface area (Å²) < 4.78 is 0. The van der Waals surface area contributed by atoms with E-state index in [1.807, 2.05) is 18.5 Å². The van der Waals surface area contributed by atoms with Gasteiger partial charge in [0.2, 0.25) is 0 Å². The van der Waals surface area contributed by atoms with E-state index >= 15 is 0 Å². The molecule has 2 aromatic heterocycles. The quantitative estimate of drug-likeness (QED) is 0.715. The van der Waals surface area contributed by atoms with Crippen LogP contribution in [0.5, 0.6) is 0 Å². The second kappa shape index (κ2) is 5.26. The highest BCUT2D eigenvalue weighted by molar-refractivity contribution is 5.07. The van der Waals surface area contributed by atoms with E-state index in [0.29, 0.717) is 0 Å². The van der Waals surface area contributed by atoms with E-state index in [9.17, 15) is 0 Å². The van der Waals surface area contributed by atoms with Crippen molar-refractivity contribution < 1.29 is 0 Å². The number of pyridine rings is 1. The van der Waals surface area contributed by atoms with Gasteiger partial charge in [0.1, 0.15) is 5.82 Å². The highest BCUT2D eigenvalue weighted by atomic mass is 14.9. The molecule has 15 heavy (non-hydrogen) atoms. The zero-order valence-electron chi connectivity index (χ0n) is 8.48. The Hall–Kier alpha value is -1.68. The van der Waals surface area contributed by atoms with Gasteiger partial charge in [0, 0.05) is 44.3 Å². The second-order valence-electron chi connectivity index (χ2n) is 3.32. The number of hydrogen-bond donors (Lipinski definition) is 2. The van der Waals surface area contributed by atoms with Gasteiger partial charge in [0.15, 0.2) is 0 Å². The molecule has 0 aromatic carbocycles. The minimum absolute atomic E-state index is 0.856. The molecule has 2 heterocycles. The summed E-state index contributed by atoms with van der Waals surface area (Å²) in [4.78, 5) is 11.3. The maximum Gasteiger partial charge on any atom is 0.107 e. The van der Waals surface area contributed by atoms with Gasteiger partial charge in [-0.2, -0.15) is 0 Å². The number of nitrogens with one attached hydrogen (secondary N) is 2. The maximum absolute atomic E-state index is 4.15. The van der Waals surface area contributed by atoms with Gasteiger partial charge in [-0.3, -0.25) is 4.98 Å². The van der Waals surface area contributed by atoms with Gasteiger partial charge in [0.05, 0.1) is 0 Å². The summed E-state index contributed by atoms with van der Waals surface area (Å²) in [6.07, 6.45) is 8.20. The lowest BCUT2D eigenvalue weighted by Gasteiger charge is -2.02. The van der Waals surface area contributed by atoms with Gasteiger partial charge < -0.3 is 10.3 Å². The third-order valence-electron chi connectivity index (χ3n) is 2.15. The van der Waals surface area contributed by atoms with Gasteiger partial charge >= 0.3 is 0 Å². The van der Waals surface area contributed by atoms with Crippen LogP contribution < -0.4 is 5.32 Å². The summed E-state index contributed by atoms with van der Waals surface area (Å²) in [6.45, 7) is 1.77. The fraction of sp³-hybridized carbons (Fsp3) is 0.273. The maximum atomic E-state index is 4.15. The molecule has 0 spiro atoms. The first-order valence-corrected chi connectivity index (χ1v) is 5.03. The van der Waals surface area contributed by atoms with Crippen LogP contribution in [0.4, 0.5) is 0 Å². The Morgan fingerprint density at radius 3 is 3.07 bits per heavy atom. The first kappa shape index (κ1) is 9.86. The number of H-pyrrole nitrogens is 1. The minimum atomic E-state index is 0.856. The number of rotatable bonds is 5. The largest absolute Gasteiger partial charge is 0.349 e. The third-order valence-corrected chi connectivity index (χ3v) is 2.15. The molecule has 0 saturated carbocycles. The highest BCUT2D eigenvalue weighted by Crippen LogP contribution is 1.94. The Balaban J connectivity index is 1.68. The number of hydrogen-bond acceptors (Lipinski definition) is 3. The average molecular weight is 202 g/mol. The monoisotopic (exact) mass is 202 g/mol. The van der Waals surface area contributed by atoms with Crippen molar-refractivity contribution in [1.29, 1.82) is 0 Å². The molecule has 0 atom stereocenters. The SMILES string of the molecule is c1cncc(CNCCc2ncc[nH]2)c1. The summed E-state index contributed by atoms with van der Waals surface area (Å²) in [7, 11) is 0. The van der Waals surface area contributed by atoms with Gasteiger partial charge in [-0.1, -0.05) is 6.07 Å². The van der Waals surface area contributed by atoms with Crippen molar-refractivity contribution in [2.24, 2.45) is 0 Å². The standard InChI is InChI=1S/C11H14N4/c1-2-10(8-12-4-1)9-13-5-3-11-14-6-7-15-11/h1-2,4,6-8,13H,3,5,9H2,(H,14,15). The van der Waals surface area contributed by atoms with Gasteiger partial charge in [0.25, 0.3) is 0 Å². The molecule has 78 valence electrons. The van der Waals surface area contributed by atoms with E-state index in [1.165, 1.54) is 5.56 Å². The minimum Gasteiger partial charge on any atom is -0.349 e. The molecule has 0 aliphatic rings. The molecule has 0 aliphatic carbocycles. The van der Waals surface area contributed by atoms with Crippen LogP contribution in [0.2, 0.25) is 0 Å². The summed E-state index contributed by atoms with van der Waals surface area (Å²) in [5.74, 6) is 1.02. The van der Waals surface area contributed by atoms with Crippen LogP contribution in [0.15, 0.2) is 36.9 Å². The van der Waals surface area contributed by atoms with Gasteiger partial charge in [-0.25, -0.2) is 4.98 Å². The van der Waals surface area contributed by atoms with Crippen LogP contribution in [0.3, 0.4) is 0 Å². The van der Waals surface area contributed by atoms with Crippen molar-refractivity contribution in [3.63, 3.8) is 0 Å². The molecule has 0 unspecified atom stereocenters. The van der Waals surface area contributed by atoms with Crippen molar-refractivity contribution in [2.45, 2.75) is 13.0 Å². The first-order valence-electron chi connectivity index (χ1n) is 5.03. The molecule has 2 aromatic rings. The second-order valence-corrected chi connectivity index (χ2v) is 3.32. The normalized spacial score (nSPS) is 10.4. The van der Waals surface area contributed by atoms with E-state index in [-0.39, 0.29) is 0 Å². The lowest BCUT2D eigenvalue weighted by molar-refractivity contribution is 0.672. The summed E-state index contributed by atoms with van der Waals surface area (Å²) >= 11 is 0. The fourth-order valence-corrected chi connectivity index (χ4v) is 1.38. The Morgan fingerprint density at radius 2 is 2.33 bits per heavy atom. The molecule has 0 radical (unpaired) electrons. The first-order chi connectivity index (χ1) is 7.45. The fourth-order valence-electron chi connectivity index (χ4n) is 1.38. The molecule has 0 bridgehead atoms. The molecule has 0 saturated heterocycles. The molecular formula is C11H14N4. The van der Waals surface area contributed by atoms with Crippen LogP contribution in [0.25, 0.3) is 0 Å². The average Bonchev–Trinajstić information content (AvgIpc) is 2.79. The topological polar surface area (TPSA) is 53.6 Å². The number of nitrogens with zero attached hydrogens (tertiary/aromatic N) is 2. The van der Waals surface area contributed by atoms with Gasteiger partial charge in [-0.15, -0.1) is 0 Å². The molecule has 0 aliphatic heterocycles. The molecule has 0 fully saturated rings. The van der Waals surface area contributed by atoms with Crippen molar-refractivity contribution in [2.75, 3.05) is 6.54 Å². The lowest BCUT2D eigenvalue weighted by Crippen LogP contribution is -2.17. The predicted octanol–water partition coefficient (Wildman–Crippen LogP) is 1.14. The van der Waals surface area contributed by atoms with Crippen LogP contribution >= 0.6 is 0 Å². The Bertz CT molecular complexity index is 369. The predicted molar refractivity (Wildman–Crippen MR) is 58.2 cm³/mol.